The first-order valence-corrected chi connectivity index (χ1v) is 8.80. The van der Waals surface area contributed by atoms with Gasteiger partial charge in [0.05, 0.1) is 11.8 Å². The SMILES string of the molecule is Cc1noc([C@@H]2CCCN(C(=O)[C@@H]3CC(=O)N(CC(C)C)C3)C2)n1. The number of carbonyl (C=O) groups is 2. The minimum Gasteiger partial charge on any atom is -0.342 e. The highest BCUT2D eigenvalue weighted by molar-refractivity contribution is 5.89. The van der Waals surface area contributed by atoms with E-state index in [0.29, 0.717) is 37.1 Å². The second kappa shape index (κ2) is 6.91. The van der Waals surface area contributed by atoms with Crippen LogP contribution in [-0.2, 0) is 9.59 Å². The lowest BCUT2D eigenvalue weighted by atomic mass is 9.96. The van der Waals surface area contributed by atoms with Crippen molar-refractivity contribution in [2.24, 2.45) is 11.8 Å². The summed E-state index contributed by atoms with van der Waals surface area (Å²) in [4.78, 5) is 33.0. The van der Waals surface area contributed by atoms with Crippen molar-refractivity contribution in [2.75, 3.05) is 26.2 Å². The molecule has 2 amide bonds. The average Bonchev–Trinajstić information content (AvgIpc) is 3.13. The Morgan fingerprint density at radius 2 is 2.17 bits per heavy atom. The molecule has 0 bridgehead atoms. The number of piperidine rings is 1. The van der Waals surface area contributed by atoms with Crippen LogP contribution in [0.1, 0.15) is 50.7 Å². The van der Waals surface area contributed by atoms with Crippen LogP contribution in [0, 0.1) is 18.8 Å². The largest absolute Gasteiger partial charge is 0.342 e. The van der Waals surface area contributed by atoms with E-state index in [2.05, 4.69) is 24.0 Å². The Labute approximate surface area is 142 Å². The number of nitrogens with zero attached hydrogens (tertiary/aromatic N) is 4. The molecule has 3 rings (SSSR count). The Balaban J connectivity index is 1.61. The fraction of sp³-hybridized carbons (Fsp3) is 0.765. The quantitative estimate of drug-likeness (QED) is 0.835. The Bertz CT molecular complexity index is 613. The first kappa shape index (κ1) is 16.9. The van der Waals surface area contributed by atoms with Gasteiger partial charge in [-0.15, -0.1) is 0 Å². The molecule has 0 unspecified atom stereocenters. The molecule has 24 heavy (non-hydrogen) atoms. The number of amides is 2. The van der Waals surface area contributed by atoms with Gasteiger partial charge in [0.25, 0.3) is 0 Å². The molecule has 3 heterocycles. The lowest BCUT2D eigenvalue weighted by molar-refractivity contribution is -0.137. The maximum Gasteiger partial charge on any atom is 0.231 e. The Morgan fingerprint density at radius 3 is 2.83 bits per heavy atom. The van der Waals surface area contributed by atoms with Gasteiger partial charge in [0.2, 0.25) is 17.7 Å². The van der Waals surface area contributed by atoms with Crippen molar-refractivity contribution in [2.45, 2.75) is 46.0 Å². The molecule has 2 atom stereocenters. The summed E-state index contributed by atoms with van der Waals surface area (Å²) >= 11 is 0. The molecule has 132 valence electrons. The van der Waals surface area contributed by atoms with Gasteiger partial charge in [-0.05, 0) is 25.7 Å². The number of likely N-dealkylation sites (tertiary alicyclic amines) is 2. The standard InChI is InChI=1S/C17H26N4O3/c1-11(2)8-21-10-14(7-15(21)22)17(23)20-6-4-5-13(9-20)16-18-12(3)19-24-16/h11,13-14H,4-10H2,1-3H3/t13-,14-/m1/s1. The van der Waals surface area contributed by atoms with Crippen LogP contribution in [0.25, 0.3) is 0 Å². The lowest BCUT2D eigenvalue weighted by Gasteiger charge is -2.32. The highest BCUT2D eigenvalue weighted by Crippen LogP contribution is 2.28. The number of rotatable bonds is 4. The molecular formula is C17H26N4O3. The topological polar surface area (TPSA) is 79.5 Å². The summed E-state index contributed by atoms with van der Waals surface area (Å²) in [6, 6.07) is 0. The average molecular weight is 334 g/mol. The molecule has 7 heteroatoms. The summed E-state index contributed by atoms with van der Waals surface area (Å²) in [5, 5.41) is 3.85. The molecule has 2 saturated heterocycles. The molecule has 0 saturated carbocycles. The van der Waals surface area contributed by atoms with Crippen molar-refractivity contribution in [1.29, 1.82) is 0 Å². The molecule has 0 spiro atoms. The van der Waals surface area contributed by atoms with E-state index in [1.165, 1.54) is 0 Å². The third kappa shape index (κ3) is 3.60. The van der Waals surface area contributed by atoms with Gasteiger partial charge >= 0.3 is 0 Å². The van der Waals surface area contributed by atoms with Gasteiger partial charge in [0.15, 0.2) is 5.82 Å². The van der Waals surface area contributed by atoms with Crippen molar-refractivity contribution >= 4 is 11.8 Å². The van der Waals surface area contributed by atoms with Crippen molar-refractivity contribution in [1.82, 2.24) is 19.9 Å². The van der Waals surface area contributed by atoms with Crippen LogP contribution in [-0.4, -0.2) is 57.9 Å². The van der Waals surface area contributed by atoms with Gasteiger partial charge in [-0.3, -0.25) is 9.59 Å². The zero-order valence-corrected chi connectivity index (χ0v) is 14.7. The summed E-state index contributed by atoms with van der Waals surface area (Å²) in [5.41, 5.74) is 0. The van der Waals surface area contributed by atoms with Crippen LogP contribution in [0.4, 0.5) is 0 Å². The van der Waals surface area contributed by atoms with Crippen molar-refractivity contribution < 1.29 is 14.1 Å². The normalized spacial score (nSPS) is 24.9. The van der Waals surface area contributed by atoms with Crippen molar-refractivity contribution in [3.8, 4) is 0 Å². The smallest absolute Gasteiger partial charge is 0.231 e. The fourth-order valence-electron chi connectivity index (χ4n) is 3.67. The van der Waals surface area contributed by atoms with Crippen LogP contribution in [0.5, 0.6) is 0 Å². The third-order valence-corrected chi connectivity index (χ3v) is 4.77. The Hall–Kier alpha value is -1.92. The molecule has 2 aliphatic rings. The Morgan fingerprint density at radius 1 is 1.38 bits per heavy atom. The predicted molar refractivity (Wildman–Crippen MR) is 87.1 cm³/mol. The van der Waals surface area contributed by atoms with Crippen LogP contribution >= 0.6 is 0 Å². The first-order valence-electron chi connectivity index (χ1n) is 8.80. The molecule has 1 aromatic heterocycles. The maximum absolute atomic E-state index is 12.8. The molecule has 0 aromatic carbocycles. The van der Waals surface area contributed by atoms with E-state index in [1.807, 2.05) is 9.80 Å². The summed E-state index contributed by atoms with van der Waals surface area (Å²) in [7, 11) is 0. The molecular weight excluding hydrogens is 308 g/mol. The van der Waals surface area contributed by atoms with E-state index in [-0.39, 0.29) is 23.7 Å². The van der Waals surface area contributed by atoms with Crippen molar-refractivity contribution in [3.63, 3.8) is 0 Å². The molecule has 2 fully saturated rings. The molecule has 0 N–H and O–H groups in total. The van der Waals surface area contributed by atoms with Gasteiger partial charge in [-0.25, -0.2) is 0 Å². The second-order valence-electron chi connectivity index (χ2n) is 7.40. The number of carbonyl (C=O) groups excluding carboxylic acids is 2. The van der Waals surface area contributed by atoms with Crippen molar-refractivity contribution in [3.05, 3.63) is 11.7 Å². The zero-order valence-electron chi connectivity index (χ0n) is 14.7. The second-order valence-corrected chi connectivity index (χ2v) is 7.40. The fourth-order valence-corrected chi connectivity index (χ4v) is 3.67. The highest BCUT2D eigenvalue weighted by Gasteiger charge is 2.38. The molecule has 1 aromatic rings. The number of aryl methyl sites for hydroxylation is 1. The molecule has 7 nitrogen and oxygen atoms in total. The van der Waals surface area contributed by atoms with E-state index in [4.69, 9.17) is 4.52 Å². The first-order chi connectivity index (χ1) is 11.4. The highest BCUT2D eigenvalue weighted by atomic mass is 16.5. The van der Waals surface area contributed by atoms with E-state index in [0.717, 1.165) is 25.9 Å². The molecule has 0 aliphatic carbocycles. The maximum atomic E-state index is 12.8. The van der Waals surface area contributed by atoms with Crippen LogP contribution in [0.15, 0.2) is 4.52 Å². The van der Waals surface area contributed by atoms with Gasteiger partial charge in [0.1, 0.15) is 0 Å². The van der Waals surface area contributed by atoms with E-state index in [1.54, 1.807) is 6.92 Å². The van der Waals surface area contributed by atoms with Gasteiger partial charge < -0.3 is 14.3 Å². The van der Waals surface area contributed by atoms with E-state index in [9.17, 15) is 9.59 Å². The zero-order chi connectivity index (χ0) is 17.3. The summed E-state index contributed by atoms with van der Waals surface area (Å²) < 4.78 is 5.27. The summed E-state index contributed by atoms with van der Waals surface area (Å²) in [6.45, 7) is 8.61. The molecule has 2 aliphatic heterocycles. The number of hydrogen-bond acceptors (Lipinski definition) is 5. The predicted octanol–water partition coefficient (Wildman–Crippen LogP) is 1.59. The van der Waals surface area contributed by atoms with Gasteiger partial charge in [-0.1, -0.05) is 19.0 Å². The van der Waals surface area contributed by atoms with Gasteiger partial charge in [0, 0.05) is 32.6 Å². The Kier molecular flexibility index (Phi) is 4.87. The minimum atomic E-state index is -0.209. The third-order valence-electron chi connectivity index (χ3n) is 4.77. The van der Waals surface area contributed by atoms with E-state index >= 15 is 0 Å². The van der Waals surface area contributed by atoms with Crippen LogP contribution < -0.4 is 0 Å². The van der Waals surface area contributed by atoms with Crippen LogP contribution in [0.2, 0.25) is 0 Å². The lowest BCUT2D eigenvalue weighted by Crippen LogP contribution is -2.43. The minimum absolute atomic E-state index is 0.0931. The summed E-state index contributed by atoms with van der Waals surface area (Å²) in [5.74, 6) is 1.75. The molecule has 0 radical (unpaired) electrons. The number of hydrogen-bond donors (Lipinski definition) is 0. The monoisotopic (exact) mass is 334 g/mol. The van der Waals surface area contributed by atoms with E-state index < -0.39 is 0 Å². The van der Waals surface area contributed by atoms with Crippen LogP contribution in [0.3, 0.4) is 0 Å². The van der Waals surface area contributed by atoms with Gasteiger partial charge in [-0.2, -0.15) is 4.98 Å². The number of aromatic nitrogens is 2. The summed E-state index contributed by atoms with van der Waals surface area (Å²) in [6.07, 6.45) is 2.22.